The third kappa shape index (κ3) is 7.82. The molecule has 0 spiro atoms. The van der Waals surface area contributed by atoms with Crippen LogP contribution in [0.3, 0.4) is 0 Å². The van der Waals surface area contributed by atoms with Crippen LogP contribution in [0.15, 0.2) is 223 Å². The predicted molar refractivity (Wildman–Crippen MR) is 272 cm³/mol. The lowest BCUT2D eigenvalue weighted by molar-refractivity contribution is 0.321. The van der Waals surface area contributed by atoms with Crippen molar-refractivity contribution >= 4 is 49.8 Å². The van der Waals surface area contributed by atoms with E-state index in [-0.39, 0.29) is 0 Å². The molecule has 2 heteroatoms. The van der Waals surface area contributed by atoms with Crippen LogP contribution in [0.5, 0.6) is 0 Å². The molecule has 2 atom stereocenters. The van der Waals surface area contributed by atoms with Crippen LogP contribution in [0.25, 0.3) is 77.2 Å². The number of anilines is 3. The molecule has 1 heterocycles. The van der Waals surface area contributed by atoms with E-state index in [4.69, 9.17) is 4.42 Å². The smallest absolute Gasteiger partial charge is 0.135 e. The van der Waals surface area contributed by atoms with Crippen LogP contribution in [-0.2, 0) is 6.42 Å². The van der Waals surface area contributed by atoms with E-state index in [0.29, 0.717) is 0 Å². The quantitative estimate of drug-likeness (QED) is 0.128. The first-order valence-electron chi connectivity index (χ1n) is 22.9. The van der Waals surface area contributed by atoms with Crippen molar-refractivity contribution in [1.82, 2.24) is 0 Å². The van der Waals surface area contributed by atoms with Crippen molar-refractivity contribution < 1.29 is 4.42 Å². The molecule has 310 valence electrons. The highest BCUT2D eigenvalue weighted by atomic mass is 16.3. The largest absolute Gasteiger partial charge is 0.456 e. The molecule has 0 saturated heterocycles. The number of rotatable bonds is 10. The summed E-state index contributed by atoms with van der Waals surface area (Å²) in [7, 11) is 0. The Hall–Kier alpha value is -7.42. The topological polar surface area (TPSA) is 16.4 Å². The van der Waals surface area contributed by atoms with E-state index < -0.39 is 0 Å². The maximum absolute atomic E-state index is 6.19. The van der Waals surface area contributed by atoms with E-state index in [2.05, 4.69) is 213 Å². The summed E-state index contributed by atoms with van der Waals surface area (Å²) >= 11 is 0. The number of benzene rings is 9. The highest BCUT2D eigenvalue weighted by molar-refractivity contribution is 6.07. The van der Waals surface area contributed by atoms with Crippen LogP contribution in [-0.4, -0.2) is 0 Å². The number of nitrogens with zero attached hydrogens (tertiary/aromatic N) is 1. The number of furan rings is 1. The molecule has 2 nitrogen and oxygen atoms in total. The standard InChI is InChI=1S/C62H51NO/c1-42-37-43(2)39-45(38-42)22-21-44-23-25-46(26-24-44)47-27-32-53(33-28-47)63(55-16-8-15-51(40-55)52-31-36-61-59(41-52)58-17-6-7-20-60(58)64-61)54-34-29-49(30-35-54)57-19-10-14-50-13-9-18-56(62(50)57)48-11-4-3-5-12-48/h3-20,23-36,40-41,43,45H,1,21-22,37-39H2,2H3. The lowest BCUT2D eigenvalue weighted by Crippen LogP contribution is -2.15. The summed E-state index contributed by atoms with van der Waals surface area (Å²) in [5.41, 5.74) is 17.6. The Morgan fingerprint density at radius 3 is 1.78 bits per heavy atom. The Morgan fingerprint density at radius 2 is 1.06 bits per heavy atom. The number of fused-ring (bicyclic) bond motifs is 4. The summed E-state index contributed by atoms with van der Waals surface area (Å²) in [4.78, 5) is 2.38. The van der Waals surface area contributed by atoms with Crippen molar-refractivity contribution in [1.29, 1.82) is 0 Å². The summed E-state index contributed by atoms with van der Waals surface area (Å²) in [6.45, 7) is 6.71. The molecule has 0 N–H and O–H groups in total. The first-order chi connectivity index (χ1) is 31.5. The minimum Gasteiger partial charge on any atom is -0.456 e. The summed E-state index contributed by atoms with van der Waals surface area (Å²) < 4.78 is 6.19. The molecular weight excluding hydrogens is 775 g/mol. The van der Waals surface area contributed by atoms with Gasteiger partial charge in [-0.1, -0.05) is 171 Å². The average molecular weight is 826 g/mol. The Bertz CT molecular complexity index is 3260. The van der Waals surface area contributed by atoms with Crippen molar-refractivity contribution in [3.05, 3.63) is 224 Å². The molecule has 0 amide bonds. The maximum atomic E-state index is 6.19. The molecule has 0 aliphatic heterocycles. The summed E-state index contributed by atoms with van der Waals surface area (Å²) in [6.07, 6.45) is 6.08. The third-order valence-corrected chi connectivity index (χ3v) is 13.4. The molecule has 2 unspecified atom stereocenters. The van der Waals surface area contributed by atoms with E-state index in [1.54, 1.807) is 0 Å². The van der Waals surface area contributed by atoms with Gasteiger partial charge < -0.3 is 9.32 Å². The Balaban J connectivity index is 0.940. The lowest BCUT2D eigenvalue weighted by atomic mass is 9.77. The van der Waals surface area contributed by atoms with Crippen molar-refractivity contribution in [2.24, 2.45) is 11.8 Å². The van der Waals surface area contributed by atoms with E-state index in [1.807, 2.05) is 12.1 Å². The molecule has 1 aliphatic rings. The molecule has 10 aromatic rings. The van der Waals surface area contributed by atoms with E-state index >= 15 is 0 Å². The van der Waals surface area contributed by atoms with E-state index in [0.717, 1.165) is 68.4 Å². The Morgan fingerprint density at radius 1 is 0.484 bits per heavy atom. The molecule has 0 bridgehead atoms. The van der Waals surface area contributed by atoms with Gasteiger partial charge in [0, 0.05) is 27.8 Å². The molecular formula is C62H51NO. The molecule has 1 saturated carbocycles. The van der Waals surface area contributed by atoms with Gasteiger partial charge in [0.15, 0.2) is 0 Å². The normalized spacial score (nSPS) is 15.2. The zero-order chi connectivity index (χ0) is 43.0. The van der Waals surface area contributed by atoms with Crippen LogP contribution in [0.1, 0.15) is 38.2 Å². The Labute approximate surface area is 376 Å². The van der Waals surface area contributed by atoms with Crippen LogP contribution in [0, 0.1) is 11.8 Å². The van der Waals surface area contributed by atoms with Crippen LogP contribution in [0.2, 0.25) is 0 Å². The van der Waals surface area contributed by atoms with Crippen molar-refractivity contribution in [3.8, 4) is 44.5 Å². The lowest BCUT2D eigenvalue weighted by Gasteiger charge is -2.28. The molecule has 9 aromatic carbocycles. The molecule has 1 aliphatic carbocycles. The number of allylic oxidation sites excluding steroid dienone is 1. The molecule has 64 heavy (non-hydrogen) atoms. The SMILES string of the molecule is C=C1CC(C)CC(CCc2ccc(-c3ccc(N(c4ccc(-c5cccc6cccc(-c7ccccc7)c56)cc4)c4cccc(-c5ccc6oc7ccccc7c6c5)c4)cc3)cc2)C1. The zero-order valence-electron chi connectivity index (χ0n) is 36.4. The average Bonchev–Trinajstić information content (AvgIpc) is 3.72. The van der Waals surface area contributed by atoms with Gasteiger partial charge in [-0.3, -0.25) is 0 Å². The van der Waals surface area contributed by atoms with E-state index in [1.165, 1.54) is 81.0 Å². The number of hydrogen-bond acceptors (Lipinski definition) is 2. The second-order valence-corrected chi connectivity index (χ2v) is 18.0. The third-order valence-electron chi connectivity index (χ3n) is 13.4. The van der Waals surface area contributed by atoms with Gasteiger partial charge in [0.1, 0.15) is 11.2 Å². The van der Waals surface area contributed by atoms with Gasteiger partial charge >= 0.3 is 0 Å². The maximum Gasteiger partial charge on any atom is 0.135 e. The van der Waals surface area contributed by atoms with Crippen molar-refractivity contribution in [3.63, 3.8) is 0 Å². The fraction of sp³-hybridized carbons (Fsp3) is 0.129. The summed E-state index contributed by atoms with van der Waals surface area (Å²) in [5, 5.41) is 4.77. The molecule has 11 rings (SSSR count). The van der Waals surface area contributed by atoms with Gasteiger partial charge in [-0.25, -0.2) is 0 Å². The minimum absolute atomic E-state index is 0.759. The highest BCUT2D eigenvalue weighted by Crippen LogP contribution is 2.42. The van der Waals surface area contributed by atoms with Gasteiger partial charge in [-0.05, 0) is 159 Å². The summed E-state index contributed by atoms with van der Waals surface area (Å²) in [6, 6.07) is 75.1. The zero-order valence-corrected chi connectivity index (χ0v) is 36.4. The second-order valence-electron chi connectivity index (χ2n) is 18.0. The van der Waals surface area contributed by atoms with E-state index in [9.17, 15) is 0 Å². The van der Waals surface area contributed by atoms with Gasteiger partial charge in [0.2, 0.25) is 0 Å². The van der Waals surface area contributed by atoms with Gasteiger partial charge in [0.05, 0.1) is 0 Å². The number of para-hydroxylation sites is 1. The fourth-order valence-electron chi connectivity index (χ4n) is 10.4. The number of aryl methyl sites for hydroxylation is 1. The number of hydrogen-bond donors (Lipinski definition) is 0. The van der Waals surface area contributed by atoms with Gasteiger partial charge in [0.25, 0.3) is 0 Å². The monoisotopic (exact) mass is 825 g/mol. The van der Waals surface area contributed by atoms with Gasteiger partial charge in [-0.15, -0.1) is 0 Å². The first kappa shape index (κ1) is 39.4. The first-order valence-corrected chi connectivity index (χ1v) is 22.9. The van der Waals surface area contributed by atoms with Crippen LogP contribution >= 0.6 is 0 Å². The highest BCUT2D eigenvalue weighted by Gasteiger charge is 2.21. The summed E-state index contributed by atoms with van der Waals surface area (Å²) in [5.74, 6) is 1.52. The van der Waals surface area contributed by atoms with Crippen LogP contribution in [0.4, 0.5) is 17.1 Å². The second kappa shape index (κ2) is 17.0. The fourth-order valence-corrected chi connectivity index (χ4v) is 10.4. The van der Waals surface area contributed by atoms with Crippen molar-refractivity contribution in [2.45, 2.75) is 39.0 Å². The Kier molecular flexibility index (Phi) is 10.5. The van der Waals surface area contributed by atoms with Gasteiger partial charge in [-0.2, -0.15) is 0 Å². The van der Waals surface area contributed by atoms with Crippen LogP contribution < -0.4 is 4.90 Å². The molecule has 0 radical (unpaired) electrons. The molecule has 1 fully saturated rings. The minimum atomic E-state index is 0.759. The predicted octanol–water partition coefficient (Wildman–Crippen LogP) is 17.8. The van der Waals surface area contributed by atoms with Crippen molar-refractivity contribution in [2.75, 3.05) is 4.90 Å². The molecule has 1 aromatic heterocycles.